The number of allylic oxidation sites excluding steroid dienone is 1. The number of rotatable bonds is 5. The molecule has 5 heteroatoms. The van der Waals surface area contributed by atoms with Gasteiger partial charge in [-0.3, -0.25) is 4.79 Å². The standard InChI is InChI=1S/C23H26NO4/c1-24(2)12-11-17-13-20-22(28-15-27-20)23(26-3)21(17)19(24)14-18(25)10-9-16-7-5-4-6-8-16/h4-10,13,19H,11-12,14-15H2,1-3H3/q+1/b10-9+/t19-/m1/s1. The Bertz CT molecular complexity index is 918. The number of hydrogen-bond donors (Lipinski definition) is 0. The van der Waals surface area contributed by atoms with Gasteiger partial charge in [0.05, 0.1) is 39.7 Å². The lowest BCUT2D eigenvalue weighted by molar-refractivity contribution is -0.922. The molecule has 2 aliphatic heterocycles. The van der Waals surface area contributed by atoms with Crippen molar-refractivity contribution in [3.8, 4) is 17.2 Å². The monoisotopic (exact) mass is 380 g/mol. The summed E-state index contributed by atoms with van der Waals surface area (Å²) in [6.45, 7) is 1.16. The van der Waals surface area contributed by atoms with Crippen molar-refractivity contribution in [2.75, 3.05) is 34.5 Å². The number of benzene rings is 2. The fourth-order valence-electron chi connectivity index (χ4n) is 4.13. The molecule has 146 valence electrons. The molecule has 1 atom stereocenters. The Morgan fingerprint density at radius 3 is 2.79 bits per heavy atom. The van der Waals surface area contributed by atoms with Crippen LogP contribution >= 0.6 is 0 Å². The van der Waals surface area contributed by atoms with E-state index in [9.17, 15) is 4.79 Å². The number of methoxy groups -OCH3 is 1. The molecule has 0 fully saturated rings. The second-order valence-electron chi connectivity index (χ2n) is 7.90. The zero-order valence-corrected chi connectivity index (χ0v) is 16.6. The van der Waals surface area contributed by atoms with Gasteiger partial charge in [0.15, 0.2) is 17.3 Å². The van der Waals surface area contributed by atoms with Gasteiger partial charge < -0.3 is 18.7 Å². The van der Waals surface area contributed by atoms with Crippen LogP contribution in [0.25, 0.3) is 6.08 Å². The number of ketones is 1. The molecular weight excluding hydrogens is 354 g/mol. The third-order valence-corrected chi connectivity index (χ3v) is 5.74. The van der Waals surface area contributed by atoms with Gasteiger partial charge in [-0.15, -0.1) is 0 Å². The molecule has 0 spiro atoms. The molecule has 0 N–H and O–H groups in total. The highest BCUT2D eigenvalue weighted by atomic mass is 16.7. The summed E-state index contributed by atoms with van der Waals surface area (Å²) in [6, 6.07) is 11.9. The Balaban J connectivity index is 1.67. The Morgan fingerprint density at radius 1 is 1.25 bits per heavy atom. The molecule has 0 radical (unpaired) electrons. The van der Waals surface area contributed by atoms with Crippen molar-refractivity contribution in [3.05, 3.63) is 59.2 Å². The van der Waals surface area contributed by atoms with Crippen LogP contribution < -0.4 is 14.2 Å². The molecular formula is C23H26NO4+. The van der Waals surface area contributed by atoms with E-state index >= 15 is 0 Å². The minimum absolute atomic E-state index is 0.00104. The molecule has 0 aromatic heterocycles. The lowest BCUT2D eigenvalue weighted by atomic mass is 9.86. The molecule has 4 rings (SSSR count). The first kappa shape index (κ1) is 18.6. The molecule has 0 amide bonds. The predicted octanol–water partition coefficient (Wildman–Crippen LogP) is 3.77. The highest BCUT2D eigenvalue weighted by molar-refractivity contribution is 5.94. The van der Waals surface area contributed by atoms with E-state index in [2.05, 4.69) is 20.2 Å². The number of carbonyl (C=O) groups excluding carboxylic acids is 1. The summed E-state index contributed by atoms with van der Waals surface area (Å²) in [4.78, 5) is 12.8. The van der Waals surface area contributed by atoms with Gasteiger partial charge in [-0.2, -0.15) is 0 Å². The number of ether oxygens (including phenoxy) is 3. The van der Waals surface area contributed by atoms with E-state index in [1.165, 1.54) is 5.56 Å². The molecule has 0 saturated carbocycles. The molecule has 2 heterocycles. The van der Waals surface area contributed by atoms with Crippen LogP contribution in [0.15, 0.2) is 42.5 Å². The van der Waals surface area contributed by atoms with Crippen molar-refractivity contribution < 1.29 is 23.5 Å². The molecule has 28 heavy (non-hydrogen) atoms. The smallest absolute Gasteiger partial charge is 0.231 e. The molecule has 5 nitrogen and oxygen atoms in total. The zero-order valence-electron chi connectivity index (χ0n) is 16.6. The van der Waals surface area contributed by atoms with Gasteiger partial charge in [0.25, 0.3) is 0 Å². The maximum Gasteiger partial charge on any atom is 0.231 e. The van der Waals surface area contributed by atoms with Gasteiger partial charge >= 0.3 is 0 Å². The van der Waals surface area contributed by atoms with Crippen LogP contribution in [0.2, 0.25) is 0 Å². The first-order chi connectivity index (χ1) is 13.5. The lowest BCUT2D eigenvalue weighted by Gasteiger charge is -2.43. The van der Waals surface area contributed by atoms with Crippen molar-refractivity contribution >= 4 is 11.9 Å². The van der Waals surface area contributed by atoms with Gasteiger partial charge in [0, 0.05) is 6.42 Å². The van der Waals surface area contributed by atoms with E-state index in [1.54, 1.807) is 13.2 Å². The third-order valence-electron chi connectivity index (χ3n) is 5.74. The second kappa shape index (κ2) is 7.32. The maximum absolute atomic E-state index is 12.8. The van der Waals surface area contributed by atoms with Crippen LogP contribution in [0.5, 0.6) is 17.2 Å². The summed E-state index contributed by atoms with van der Waals surface area (Å²) < 4.78 is 17.7. The summed E-state index contributed by atoms with van der Waals surface area (Å²) >= 11 is 0. The van der Waals surface area contributed by atoms with Crippen molar-refractivity contribution in [2.24, 2.45) is 0 Å². The van der Waals surface area contributed by atoms with E-state index in [4.69, 9.17) is 14.2 Å². The van der Waals surface area contributed by atoms with Crippen molar-refractivity contribution in [3.63, 3.8) is 0 Å². The lowest BCUT2D eigenvalue weighted by Crippen LogP contribution is -2.48. The molecule has 0 aliphatic carbocycles. The van der Waals surface area contributed by atoms with Gasteiger partial charge in [-0.1, -0.05) is 36.4 Å². The molecule has 2 aromatic carbocycles. The Kier molecular flexibility index (Phi) is 4.85. The quantitative estimate of drug-likeness (QED) is 0.585. The number of fused-ring (bicyclic) bond motifs is 2. The Labute approximate surface area is 165 Å². The number of hydrogen-bond acceptors (Lipinski definition) is 4. The van der Waals surface area contributed by atoms with Crippen LogP contribution in [0.4, 0.5) is 0 Å². The Hall–Kier alpha value is -2.79. The topological polar surface area (TPSA) is 44.8 Å². The average molecular weight is 380 g/mol. The van der Waals surface area contributed by atoms with E-state index in [-0.39, 0.29) is 18.6 Å². The number of quaternary nitrogens is 1. The van der Waals surface area contributed by atoms with Crippen LogP contribution in [-0.4, -0.2) is 44.8 Å². The largest absolute Gasteiger partial charge is 0.492 e. The fourth-order valence-corrected chi connectivity index (χ4v) is 4.13. The minimum Gasteiger partial charge on any atom is -0.492 e. The minimum atomic E-state index is 0.00104. The van der Waals surface area contributed by atoms with E-state index in [1.807, 2.05) is 36.4 Å². The number of likely N-dealkylation sites (N-methyl/N-ethyl adjacent to an activating group) is 1. The summed E-state index contributed by atoms with van der Waals surface area (Å²) in [5.41, 5.74) is 3.28. The first-order valence-electron chi connectivity index (χ1n) is 9.57. The van der Waals surface area contributed by atoms with Crippen LogP contribution in [0.1, 0.15) is 29.2 Å². The third kappa shape index (κ3) is 3.38. The van der Waals surface area contributed by atoms with E-state index < -0.39 is 0 Å². The highest BCUT2D eigenvalue weighted by Crippen LogP contribution is 2.51. The summed E-state index contributed by atoms with van der Waals surface area (Å²) in [5.74, 6) is 2.20. The molecule has 2 aromatic rings. The van der Waals surface area contributed by atoms with Crippen molar-refractivity contribution in [1.82, 2.24) is 0 Å². The summed E-state index contributed by atoms with van der Waals surface area (Å²) in [5, 5.41) is 0. The van der Waals surface area contributed by atoms with Gasteiger partial charge in [-0.25, -0.2) is 0 Å². The van der Waals surface area contributed by atoms with Gasteiger partial charge in [0.1, 0.15) is 6.04 Å². The zero-order chi connectivity index (χ0) is 19.7. The van der Waals surface area contributed by atoms with Crippen molar-refractivity contribution in [1.29, 1.82) is 0 Å². The molecule has 2 aliphatic rings. The molecule has 0 saturated heterocycles. The number of nitrogens with zero attached hydrogens (tertiary/aromatic N) is 1. The summed E-state index contributed by atoms with van der Waals surface area (Å²) in [7, 11) is 6.00. The van der Waals surface area contributed by atoms with E-state index in [0.717, 1.165) is 34.3 Å². The van der Waals surface area contributed by atoms with Crippen LogP contribution in [-0.2, 0) is 11.2 Å². The maximum atomic E-state index is 12.8. The number of carbonyl (C=O) groups is 1. The fraction of sp³-hybridized carbons (Fsp3) is 0.348. The van der Waals surface area contributed by atoms with Crippen molar-refractivity contribution in [2.45, 2.75) is 18.9 Å². The molecule has 0 bridgehead atoms. The Morgan fingerprint density at radius 2 is 2.04 bits per heavy atom. The predicted molar refractivity (Wildman–Crippen MR) is 108 cm³/mol. The SMILES string of the molecule is COc1c2c(cc3c1[C@@H](CC(=O)/C=C/c1ccccc1)[N+](C)(C)CC3)OCO2. The molecule has 0 unspecified atom stereocenters. The van der Waals surface area contributed by atoms with Crippen LogP contribution in [0, 0.1) is 0 Å². The van der Waals surface area contributed by atoms with E-state index in [0.29, 0.717) is 17.9 Å². The van der Waals surface area contributed by atoms with Crippen LogP contribution in [0.3, 0.4) is 0 Å². The second-order valence-corrected chi connectivity index (χ2v) is 7.90. The van der Waals surface area contributed by atoms with Gasteiger partial charge in [0.2, 0.25) is 12.5 Å². The summed E-state index contributed by atoms with van der Waals surface area (Å²) in [6.07, 6.45) is 4.89. The average Bonchev–Trinajstić information content (AvgIpc) is 3.16. The highest BCUT2D eigenvalue weighted by Gasteiger charge is 2.41. The van der Waals surface area contributed by atoms with Gasteiger partial charge in [-0.05, 0) is 23.3 Å². The normalized spacial score (nSPS) is 19.5. The first-order valence-corrected chi connectivity index (χ1v) is 9.57.